The van der Waals surface area contributed by atoms with Crippen LogP contribution in [0.3, 0.4) is 0 Å². The lowest BCUT2D eigenvalue weighted by Gasteiger charge is -2.22. The minimum absolute atomic E-state index is 0.188. The van der Waals surface area contributed by atoms with Crippen molar-refractivity contribution in [1.82, 2.24) is 13.6 Å². The highest BCUT2D eigenvalue weighted by Gasteiger charge is 2.40. The third-order valence-corrected chi connectivity index (χ3v) is 5.53. The predicted octanol–water partition coefficient (Wildman–Crippen LogP) is 2.84. The van der Waals surface area contributed by atoms with E-state index >= 15 is 0 Å². The smallest absolute Gasteiger partial charge is 0.292 e. The van der Waals surface area contributed by atoms with E-state index in [0.717, 1.165) is 42.6 Å². The second kappa shape index (κ2) is 8.15. The van der Waals surface area contributed by atoms with Crippen molar-refractivity contribution in [3.8, 4) is 29.4 Å². The van der Waals surface area contributed by atoms with Crippen molar-refractivity contribution >= 4 is 11.7 Å². The van der Waals surface area contributed by atoms with Crippen molar-refractivity contribution in [2.45, 2.75) is 32.0 Å². The van der Waals surface area contributed by atoms with Gasteiger partial charge >= 0.3 is 0 Å². The average Bonchev–Trinajstić information content (AvgIpc) is 3.43. The maximum atomic E-state index is 6.12. The first-order valence-electron chi connectivity index (χ1n) is 9.29. The van der Waals surface area contributed by atoms with Crippen LogP contribution in [0.1, 0.15) is 25.3 Å². The molecule has 1 aromatic heterocycles. The zero-order valence-electron chi connectivity index (χ0n) is 15.6. The van der Waals surface area contributed by atoms with Gasteiger partial charge in [-0.15, -0.1) is 8.75 Å². The molecule has 2 fully saturated rings. The summed E-state index contributed by atoms with van der Waals surface area (Å²) in [5, 5.41) is 0. The van der Waals surface area contributed by atoms with Crippen LogP contribution in [0.4, 0.5) is 0 Å². The molecule has 4 rings (SSSR count). The van der Waals surface area contributed by atoms with Crippen LogP contribution in [0.5, 0.6) is 17.5 Å². The van der Waals surface area contributed by atoms with Gasteiger partial charge in [-0.1, -0.05) is 24.8 Å². The topological polar surface area (TPSA) is 56.7 Å². The number of piperidine rings is 1. The summed E-state index contributed by atoms with van der Waals surface area (Å²) in [6, 6.07) is 7.68. The first-order valence-corrected chi connectivity index (χ1v) is 10.0. The van der Waals surface area contributed by atoms with E-state index in [0.29, 0.717) is 17.7 Å². The molecule has 6 nitrogen and oxygen atoms in total. The summed E-state index contributed by atoms with van der Waals surface area (Å²) < 4.78 is 25.9. The first-order chi connectivity index (χ1) is 13.2. The molecule has 4 unspecified atom stereocenters. The second-order valence-corrected chi connectivity index (χ2v) is 7.38. The first kappa shape index (κ1) is 18.1. The molecule has 2 aromatic rings. The Morgan fingerprint density at radius 3 is 2.93 bits per heavy atom. The lowest BCUT2D eigenvalue weighted by molar-refractivity contribution is 0.126. The van der Waals surface area contributed by atoms with Crippen LogP contribution < -0.4 is 14.2 Å². The van der Waals surface area contributed by atoms with Gasteiger partial charge in [-0.25, -0.2) is 0 Å². The summed E-state index contributed by atoms with van der Waals surface area (Å²) in [6.45, 7) is 5.31. The monoisotopic (exact) mass is 385 g/mol. The summed E-state index contributed by atoms with van der Waals surface area (Å²) in [7, 11) is 1.65. The Balaban J connectivity index is 1.42. The van der Waals surface area contributed by atoms with Crippen molar-refractivity contribution in [3.05, 3.63) is 29.8 Å². The molecule has 0 spiro atoms. The number of nitrogens with zero attached hydrogens (tertiary/aromatic N) is 3. The van der Waals surface area contributed by atoms with Crippen LogP contribution in [0.2, 0.25) is 0 Å². The molecule has 142 valence electrons. The van der Waals surface area contributed by atoms with Gasteiger partial charge in [-0.3, -0.25) is 4.90 Å². The number of methoxy groups -OCH3 is 1. The lowest BCUT2D eigenvalue weighted by Crippen LogP contribution is -2.32. The molecule has 0 amide bonds. The van der Waals surface area contributed by atoms with Gasteiger partial charge < -0.3 is 14.2 Å². The van der Waals surface area contributed by atoms with E-state index in [9.17, 15) is 0 Å². The molecule has 27 heavy (non-hydrogen) atoms. The van der Waals surface area contributed by atoms with E-state index in [1.54, 1.807) is 7.11 Å². The number of hydrogen-bond acceptors (Lipinski definition) is 7. The quantitative estimate of drug-likeness (QED) is 0.713. The number of ether oxygens (including phenoxy) is 3. The molecular weight excluding hydrogens is 362 g/mol. The molecule has 0 radical (unpaired) electrons. The SMILES string of the molecule is CCC(C#Cc1cccc(OC)c1)Oc1nsnc1OC1CN2CCC1C2. The minimum Gasteiger partial charge on any atom is -0.497 e. The number of benzene rings is 1. The molecule has 2 aliphatic rings. The van der Waals surface area contributed by atoms with Gasteiger partial charge in [0.15, 0.2) is 6.10 Å². The minimum atomic E-state index is -0.272. The summed E-state index contributed by atoms with van der Waals surface area (Å²) in [4.78, 5) is 2.43. The van der Waals surface area contributed by atoms with Gasteiger partial charge in [0.05, 0.1) is 18.8 Å². The Morgan fingerprint density at radius 2 is 2.19 bits per heavy atom. The highest BCUT2D eigenvalue weighted by molar-refractivity contribution is 6.99. The Morgan fingerprint density at radius 1 is 1.30 bits per heavy atom. The summed E-state index contributed by atoms with van der Waals surface area (Å²) in [5.41, 5.74) is 0.889. The van der Waals surface area contributed by atoms with E-state index in [1.807, 2.05) is 31.2 Å². The molecule has 7 heteroatoms. The molecule has 0 aliphatic carbocycles. The number of fused-ring (bicyclic) bond motifs is 2. The lowest BCUT2D eigenvalue weighted by atomic mass is 10.0. The fourth-order valence-electron chi connectivity index (χ4n) is 3.54. The van der Waals surface area contributed by atoms with Crippen LogP contribution >= 0.6 is 11.7 Å². The molecule has 1 aromatic carbocycles. The highest BCUT2D eigenvalue weighted by Crippen LogP contribution is 2.34. The number of aromatic nitrogens is 2. The van der Waals surface area contributed by atoms with E-state index in [2.05, 4.69) is 25.5 Å². The standard InChI is InChI=1S/C20H23N3O3S/c1-3-16(8-7-14-5-4-6-17(11-14)24-2)25-19-20(22-27-21-19)26-18-13-23-10-9-15(18)12-23/h4-6,11,15-16,18H,3,9-10,12-13H2,1-2H3. The summed E-state index contributed by atoms with van der Waals surface area (Å²) in [6.07, 6.45) is 1.86. The van der Waals surface area contributed by atoms with Crippen molar-refractivity contribution < 1.29 is 14.2 Å². The van der Waals surface area contributed by atoms with Gasteiger partial charge in [0.25, 0.3) is 11.8 Å². The van der Waals surface area contributed by atoms with Crippen LogP contribution in [0.25, 0.3) is 0 Å². The van der Waals surface area contributed by atoms with Crippen molar-refractivity contribution in [2.75, 3.05) is 26.7 Å². The van der Waals surface area contributed by atoms with Crippen molar-refractivity contribution in [2.24, 2.45) is 5.92 Å². The Labute approximate surface area is 163 Å². The maximum Gasteiger partial charge on any atom is 0.292 e. The molecule has 0 N–H and O–H groups in total. The van der Waals surface area contributed by atoms with Crippen LogP contribution in [-0.4, -0.2) is 52.6 Å². The normalized spacial score (nSPS) is 24.1. The van der Waals surface area contributed by atoms with Crippen LogP contribution in [0.15, 0.2) is 24.3 Å². The van der Waals surface area contributed by atoms with Gasteiger partial charge in [0.1, 0.15) is 11.9 Å². The van der Waals surface area contributed by atoms with Crippen LogP contribution in [-0.2, 0) is 0 Å². The Kier molecular flexibility index (Phi) is 5.46. The molecule has 4 atom stereocenters. The van der Waals surface area contributed by atoms with E-state index in [4.69, 9.17) is 14.2 Å². The summed E-state index contributed by atoms with van der Waals surface area (Å²) >= 11 is 1.11. The van der Waals surface area contributed by atoms with Gasteiger partial charge in [-0.05, 0) is 37.6 Å². The van der Waals surface area contributed by atoms with Crippen molar-refractivity contribution in [1.29, 1.82) is 0 Å². The zero-order valence-corrected chi connectivity index (χ0v) is 16.4. The van der Waals surface area contributed by atoms with Crippen molar-refractivity contribution in [3.63, 3.8) is 0 Å². The molecule has 2 bridgehead atoms. The Bertz CT molecular complexity index is 844. The van der Waals surface area contributed by atoms with Crippen LogP contribution in [0, 0.1) is 17.8 Å². The predicted molar refractivity (Wildman–Crippen MR) is 103 cm³/mol. The van der Waals surface area contributed by atoms with Gasteiger partial charge in [0.2, 0.25) is 0 Å². The maximum absolute atomic E-state index is 6.12. The molecule has 2 saturated heterocycles. The molecule has 3 heterocycles. The fourth-order valence-corrected chi connectivity index (χ4v) is 3.97. The highest BCUT2D eigenvalue weighted by atomic mass is 32.1. The van der Waals surface area contributed by atoms with Gasteiger partial charge in [0, 0.05) is 24.6 Å². The largest absolute Gasteiger partial charge is 0.497 e. The molecular formula is C20H23N3O3S. The fraction of sp³-hybridized carbons (Fsp3) is 0.500. The molecule has 0 saturated carbocycles. The third-order valence-electron chi connectivity index (χ3n) is 5.04. The van der Waals surface area contributed by atoms with E-state index in [1.165, 1.54) is 13.0 Å². The Hall–Kier alpha value is -2.30. The van der Waals surface area contributed by atoms with E-state index < -0.39 is 0 Å². The summed E-state index contributed by atoms with van der Waals surface area (Å²) in [5.74, 6) is 8.65. The van der Waals surface area contributed by atoms with E-state index in [-0.39, 0.29) is 12.2 Å². The number of hydrogen-bond donors (Lipinski definition) is 0. The second-order valence-electron chi connectivity index (χ2n) is 6.86. The zero-order chi connectivity index (χ0) is 18.6. The van der Waals surface area contributed by atoms with Gasteiger partial charge in [-0.2, -0.15) is 0 Å². The average molecular weight is 385 g/mol. The third kappa shape index (κ3) is 4.18. The number of rotatable bonds is 6. The molecule has 2 aliphatic heterocycles.